The standard InChI is InChI=1S/C13H16F2N4OS/c14-10-1-2-11(12(15)5-10)13(20,7-21-4-3-16)6-19-9-17-8-18-19/h1-2,5,8-9,20H,3-4,6-7,16H2. The van der Waals surface area contributed by atoms with Crippen LogP contribution in [0.1, 0.15) is 5.56 Å². The third-order valence-corrected chi connectivity index (χ3v) is 4.13. The molecule has 3 N–H and O–H groups in total. The van der Waals surface area contributed by atoms with Crippen LogP contribution in [-0.4, -0.2) is 37.9 Å². The van der Waals surface area contributed by atoms with Crippen molar-refractivity contribution in [2.24, 2.45) is 5.73 Å². The highest BCUT2D eigenvalue weighted by Crippen LogP contribution is 2.30. The van der Waals surface area contributed by atoms with Gasteiger partial charge in [0.05, 0.1) is 6.54 Å². The summed E-state index contributed by atoms with van der Waals surface area (Å²) in [5, 5.41) is 14.8. The van der Waals surface area contributed by atoms with Gasteiger partial charge in [0.25, 0.3) is 0 Å². The number of nitrogens with two attached hydrogens (primary N) is 1. The Morgan fingerprint density at radius 3 is 2.81 bits per heavy atom. The summed E-state index contributed by atoms with van der Waals surface area (Å²) in [4.78, 5) is 3.79. The predicted octanol–water partition coefficient (Wildman–Crippen LogP) is 1.14. The number of benzene rings is 1. The highest BCUT2D eigenvalue weighted by Gasteiger charge is 2.33. The first-order valence-corrected chi connectivity index (χ1v) is 7.49. The van der Waals surface area contributed by atoms with Crippen molar-refractivity contribution in [1.82, 2.24) is 14.8 Å². The van der Waals surface area contributed by atoms with Crippen LogP contribution in [0.2, 0.25) is 0 Å². The van der Waals surface area contributed by atoms with Gasteiger partial charge in [-0.2, -0.15) is 16.9 Å². The van der Waals surface area contributed by atoms with Gasteiger partial charge in [0, 0.05) is 29.7 Å². The molecular formula is C13H16F2N4OS. The van der Waals surface area contributed by atoms with Gasteiger partial charge in [-0.25, -0.2) is 18.4 Å². The lowest BCUT2D eigenvalue weighted by Crippen LogP contribution is -2.36. The Morgan fingerprint density at radius 2 is 2.19 bits per heavy atom. The average Bonchev–Trinajstić information content (AvgIpc) is 2.91. The van der Waals surface area contributed by atoms with Crippen molar-refractivity contribution < 1.29 is 13.9 Å². The van der Waals surface area contributed by atoms with Crippen molar-refractivity contribution >= 4 is 11.8 Å². The summed E-state index contributed by atoms with van der Waals surface area (Å²) < 4.78 is 28.5. The minimum absolute atomic E-state index is 0.0210. The van der Waals surface area contributed by atoms with Crippen LogP contribution in [-0.2, 0) is 12.1 Å². The molecule has 1 unspecified atom stereocenters. The molecule has 0 aliphatic heterocycles. The van der Waals surface area contributed by atoms with Crippen molar-refractivity contribution in [3.8, 4) is 0 Å². The summed E-state index contributed by atoms with van der Waals surface area (Å²) in [6.07, 6.45) is 2.76. The summed E-state index contributed by atoms with van der Waals surface area (Å²) in [5.41, 5.74) is 3.94. The van der Waals surface area contributed by atoms with Crippen LogP contribution >= 0.6 is 11.8 Å². The minimum atomic E-state index is -1.52. The van der Waals surface area contributed by atoms with Gasteiger partial charge in [0.15, 0.2) is 0 Å². The van der Waals surface area contributed by atoms with E-state index >= 15 is 0 Å². The predicted molar refractivity (Wildman–Crippen MR) is 76.7 cm³/mol. The highest BCUT2D eigenvalue weighted by atomic mass is 32.2. The van der Waals surface area contributed by atoms with Crippen molar-refractivity contribution in [1.29, 1.82) is 0 Å². The lowest BCUT2D eigenvalue weighted by molar-refractivity contribution is 0.0360. The Balaban J connectivity index is 2.29. The maximum absolute atomic E-state index is 14.0. The number of rotatable bonds is 7. The number of aliphatic hydroxyl groups is 1. The Kier molecular flexibility index (Phi) is 5.27. The second kappa shape index (κ2) is 6.97. The van der Waals surface area contributed by atoms with E-state index in [1.165, 1.54) is 35.2 Å². The van der Waals surface area contributed by atoms with Crippen LogP contribution in [0, 0.1) is 11.6 Å². The Labute approximate surface area is 125 Å². The summed E-state index contributed by atoms with van der Waals surface area (Å²) in [6, 6.07) is 3.14. The molecule has 8 heteroatoms. The molecule has 21 heavy (non-hydrogen) atoms. The Morgan fingerprint density at radius 1 is 1.38 bits per heavy atom. The Hall–Kier alpha value is -1.51. The molecule has 0 fully saturated rings. The molecule has 0 aliphatic carbocycles. The zero-order valence-corrected chi connectivity index (χ0v) is 12.1. The third kappa shape index (κ3) is 3.99. The minimum Gasteiger partial charge on any atom is -0.382 e. The van der Waals surface area contributed by atoms with Crippen molar-refractivity contribution in [2.75, 3.05) is 18.1 Å². The molecule has 1 atom stereocenters. The smallest absolute Gasteiger partial charge is 0.137 e. The van der Waals surface area contributed by atoms with Crippen molar-refractivity contribution in [3.63, 3.8) is 0 Å². The van der Waals surface area contributed by atoms with E-state index in [4.69, 9.17) is 5.73 Å². The molecule has 2 rings (SSSR count). The quantitative estimate of drug-likeness (QED) is 0.749. The molecule has 2 aromatic rings. The maximum atomic E-state index is 14.0. The molecule has 0 amide bonds. The number of nitrogens with zero attached hydrogens (tertiary/aromatic N) is 3. The van der Waals surface area contributed by atoms with E-state index < -0.39 is 17.2 Å². The molecule has 0 saturated heterocycles. The van der Waals surface area contributed by atoms with Crippen LogP contribution in [0.4, 0.5) is 8.78 Å². The number of thioether (sulfide) groups is 1. The van der Waals surface area contributed by atoms with Crippen LogP contribution in [0.25, 0.3) is 0 Å². The fourth-order valence-electron chi connectivity index (χ4n) is 1.98. The molecule has 0 spiro atoms. The van der Waals surface area contributed by atoms with Crippen molar-refractivity contribution in [3.05, 3.63) is 48.1 Å². The number of hydrogen-bond donors (Lipinski definition) is 2. The molecular weight excluding hydrogens is 298 g/mol. The average molecular weight is 314 g/mol. The second-order valence-corrected chi connectivity index (χ2v) is 5.70. The van der Waals surface area contributed by atoms with Gasteiger partial charge in [-0.1, -0.05) is 6.07 Å². The van der Waals surface area contributed by atoms with E-state index in [1.54, 1.807) is 0 Å². The van der Waals surface area contributed by atoms with Crippen molar-refractivity contribution in [2.45, 2.75) is 12.1 Å². The molecule has 0 aliphatic rings. The molecule has 5 nitrogen and oxygen atoms in total. The van der Waals surface area contributed by atoms with Gasteiger partial charge in [0.2, 0.25) is 0 Å². The van der Waals surface area contributed by atoms with Gasteiger partial charge in [0.1, 0.15) is 29.9 Å². The third-order valence-electron chi connectivity index (χ3n) is 2.93. The van der Waals surface area contributed by atoms with E-state index in [0.717, 1.165) is 12.1 Å². The molecule has 0 radical (unpaired) electrons. The molecule has 1 heterocycles. The first-order valence-electron chi connectivity index (χ1n) is 6.33. The Bertz CT molecular complexity index is 582. The monoisotopic (exact) mass is 314 g/mol. The van der Waals surface area contributed by atoms with E-state index in [1.807, 2.05) is 0 Å². The van der Waals surface area contributed by atoms with E-state index in [-0.39, 0.29) is 17.9 Å². The lowest BCUT2D eigenvalue weighted by atomic mass is 9.95. The van der Waals surface area contributed by atoms with Gasteiger partial charge in [-0.3, -0.25) is 0 Å². The first kappa shape index (κ1) is 15.9. The van der Waals surface area contributed by atoms with Gasteiger partial charge in [-0.15, -0.1) is 0 Å². The molecule has 0 bridgehead atoms. The highest BCUT2D eigenvalue weighted by molar-refractivity contribution is 7.99. The van der Waals surface area contributed by atoms with E-state index in [0.29, 0.717) is 12.3 Å². The molecule has 114 valence electrons. The van der Waals surface area contributed by atoms with E-state index in [9.17, 15) is 13.9 Å². The summed E-state index contributed by atoms with van der Waals surface area (Å²) in [6.45, 7) is 0.475. The first-order chi connectivity index (χ1) is 10.0. The van der Waals surface area contributed by atoms with Gasteiger partial charge < -0.3 is 10.8 Å². The molecule has 1 aromatic heterocycles. The SMILES string of the molecule is NCCSCC(O)(Cn1cncn1)c1ccc(F)cc1F. The van der Waals surface area contributed by atoms with Crippen LogP contribution in [0.3, 0.4) is 0 Å². The zero-order valence-electron chi connectivity index (χ0n) is 11.2. The van der Waals surface area contributed by atoms with Gasteiger partial charge >= 0.3 is 0 Å². The lowest BCUT2D eigenvalue weighted by Gasteiger charge is -2.28. The number of halogens is 2. The summed E-state index contributed by atoms with van der Waals surface area (Å²) in [5.74, 6) is -0.630. The summed E-state index contributed by atoms with van der Waals surface area (Å²) >= 11 is 1.39. The second-order valence-electron chi connectivity index (χ2n) is 4.59. The number of hydrogen-bond acceptors (Lipinski definition) is 5. The molecule has 0 saturated carbocycles. The zero-order chi connectivity index (χ0) is 15.3. The fourth-order valence-corrected chi connectivity index (χ4v) is 2.88. The largest absolute Gasteiger partial charge is 0.382 e. The normalized spacial score (nSPS) is 14.1. The molecule has 1 aromatic carbocycles. The van der Waals surface area contributed by atoms with E-state index in [2.05, 4.69) is 10.1 Å². The van der Waals surface area contributed by atoms with Gasteiger partial charge in [-0.05, 0) is 6.07 Å². The van der Waals surface area contributed by atoms with Crippen LogP contribution in [0.15, 0.2) is 30.9 Å². The summed E-state index contributed by atoms with van der Waals surface area (Å²) in [7, 11) is 0. The fraction of sp³-hybridized carbons (Fsp3) is 0.385. The maximum Gasteiger partial charge on any atom is 0.137 e. The van der Waals surface area contributed by atoms with Crippen LogP contribution < -0.4 is 5.73 Å². The number of aromatic nitrogens is 3. The topological polar surface area (TPSA) is 77.0 Å². The van der Waals surface area contributed by atoms with Crippen LogP contribution in [0.5, 0.6) is 0 Å².